The number of carbonyl (C=O) groups excluding carboxylic acids is 1. The summed E-state index contributed by atoms with van der Waals surface area (Å²) >= 11 is 0. The molecule has 0 aromatic rings. The Morgan fingerprint density at radius 3 is 3.08 bits per heavy atom. The second-order valence-corrected chi connectivity index (χ2v) is 3.34. The van der Waals surface area contributed by atoms with Crippen molar-refractivity contribution in [2.75, 3.05) is 19.7 Å². The Morgan fingerprint density at radius 2 is 2.46 bits per heavy atom. The number of carbonyl (C=O) groups is 1. The van der Waals surface area contributed by atoms with E-state index >= 15 is 0 Å². The summed E-state index contributed by atoms with van der Waals surface area (Å²) < 4.78 is 5.09. The smallest absolute Gasteiger partial charge is 0.409 e. The highest BCUT2D eigenvalue weighted by molar-refractivity contribution is 5.67. The van der Waals surface area contributed by atoms with Gasteiger partial charge in [-0.05, 0) is 25.7 Å². The number of nitrogens with zero attached hydrogens (tertiary/aromatic N) is 1. The molecule has 75 valence electrons. The zero-order chi connectivity index (χ0) is 9.52. The van der Waals surface area contributed by atoms with Crippen LogP contribution in [0, 0.1) is 6.42 Å². The molecule has 0 aromatic carbocycles. The molecule has 0 N–H and O–H groups in total. The lowest BCUT2D eigenvalue weighted by atomic mass is 10.1. The second kappa shape index (κ2) is 5.84. The summed E-state index contributed by atoms with van der Waals surface area (Å²) in [6.07, 6.45) is 6.21. The highest BCUT2D eigenvalue weighted by Gasteiger charge is 2.16. The fourth-order valence-electron chi connectivity index (χ4n) is 1.33. The van der Waals surface area contributed by atoms with Gasteiger partial charge in [0.25, 0.3) is 0 Å². The number of likely N-dealkylation sites (tertiary alicyclic amines) is 1. The fourth-order valence-corrected chi connectivity index (χ4v) is 1.33. The summed E-state index contributed by atoms with van der Waals surface area (Å²) in [7, 11) is 0. The normalized spacial score (nSPS) is 17.2. The van der Waals surface area contributed by atoms with Crippen LogP contribution in [0.3, 0.4) is 0 Å². The molecule has 3 heteroatoms. The van der Waals surface area contributed by atoms with Crippen molar-refractivity contribution >= 4 is 6.09 Å². The van der Waals surface area contributed by atoms with E-state index in [-0.39, 0.29) is 6.09 Å². The maximum Gasteiger partial charge on any atom is 0.409 e. The van der Waals surface area contributed by atoms with Gasteiger partial charge in [-0.1, -0.05) is 13.3 Å². The van der Waals surface area contributed by atoms with Crippen molar-refractivity contribution < 1.29 is 9.53 Å². The van der Waals surface area contributed by atoms with E-state index in [0.717, 1.165) is 38.8 Å². The van der Waals surface area contributed by atoms with Gasteiger partial charge < -0.3 is 9.64 Å². The maximum atomic E-state index is 11.4. The SMILES string of the molecule is CCCCOC(=O)N1C[CH]CCC1. The van der Waals surface area contributed by atoms with Crippen LogP contribution >= 0.6 is 0 Å². The zero-order valence-corrected chi connectivity index (χ0v) is 8.29. The van der Waals surface area contributed by atoms with Crippen LogP contribution < -0.4 is 0 Å². The minimum Gasteiger partial charge on any atom is -0.449 e. The molecular weight excluding hydrogens is 166 g/mol. The lowest BCUT2D eigenvalue weighted by Gasteiger charge is -2.25. The molecule has 1 amide bonds. The van der Waals surface area contributed by atoms with E-state index in [9.17, 15) is 4.79 Å². The molecule has 0 saturated carbocycles. The molecule has 1 fully saturated rings. The van der Waals surface area contributed by atoms with E-state index in [1.54, 1.807) is 4.90 Å². The van der Waals surface area contributed by atoms with Crippen molar-refractivity contribution in [2.24, 2.45) is 0 Å². The molecule has 1 saturated heterocycles. The topological polar surface area (TPSA) is 29.5 Å². The van der Waals surface area contributed by atoms with E-state index in [1.165, 1.54) is 0 Å². The van der Waals surface area contributed by atoms with Crippen molar-refractivity contribution in [3.63, 3.8) is 0 Å². The van der Waals surface area contributed by atoms with Crippen LogP contribution in [0.15, 0.2) is 0 Å². The first-order valence-electron chi connectivity index (χ1n) is 5.08. The summed E-state index contributed by atoms with van der Waals surface area (Å²) in [6.45, 7) is 4.25. The number of piperidine rings is 1. The van der Waals surface area contributed by atoms with Crippen LogP contribution in [0.25, 0.3) is 0 Å². The Balaban J connectivity index is 2.13. The average Bonchev–Trinajstić information content (AvgIpc) is 2.19. The largest absolute Gasteiger partial charge is 0.449 e. The summed E-state index contributed by atoms with van der Waals surface area (Å²) in [6, 6.07) is 0. The Bertz CT molecular complexity index is 153. The number of amides is 1. The van der Waals surface area contributed by atoms with Gasteiger partial charge in [-0.2, -0.15) is 0 Å². The molecule has 0 unspecified atom stereocenters. The predicted octanol–water partition coefficient (Wildman–Crippen LogP) is 2.22. The third-order valence-electron chi connectivity index (χ3n) is 2.17. The first-order valence-corrected chi connectivity index (χ1v) is 5.08. The van der Waals surface area contributed by atoms with Gasteiger partial charge in [-0.15, -0.1) is 0 Å². The number of unbranched alkanes of at least 4 members (excludes halogenated alkanes) is 1. The number of ether oxygens (including phenoxy) is 1. The van der Waals surface area contributed by atoms with Gasteiger partial charge in [0.15, 0.2) is 0 Å². The summed E-state index contributed by atoms with van der Waals surface area (Å²) in [5, 5.41) is 0. The monoisotopic (exact) mass is 184 g/mol. The quantitative estimate of drug-likeness (QED) is 0.629. The average molecular weight is 184 g/mol. The first-order chi connectivity index (χ1) is 6.34. The van der Waals surface area contributed by atoms with Crippen molar-refractivity contribution in [1.29, 1.82) is 0 Å². The van der Waals surface area contributed by atoms with Gasteiger partial charge in [0, 0.05) is 13.1 Å². The van der Waals surface area contributed by atoms with Gasteiger partial charge in [0.05, 0.1) is 6.61 Å². The molecule has 1 heterocycles. The van der Waals surface area contributed by atoms with E-state index in [4.69, 9.17) is 4.74 Å². The van der Waals surface area contributed by atoms with Gasteiger partial charge in [-0.3, -0.25) is 0 Å². The zero-order valence-electron chi connectivity index (χ0n) is 8.29. The summed E-state index contributed by atoms with van der Waals surface area (Å²) in [5.74, 6) is 0. The summed E-state index contributed by atoms with van der Waals surface area (Å²) in [5.41, 5.74) is 0. The molecule has 1 radical (unpaired) electrons. The fraction of sp³-hybridized carbons (Fsp3) is 0.800. The third-order valence-corrected chi connectivity index (χ3v) is 2.17. The molecular formula is C10H18NO2. The van der Waals surface area contributed by atoms with E-state index in [1.807, 2.05) is 0 Å². The van der Waals surface area contributed by atoms with Gasteiger partial charge in [0.1, 0.15) is 0 Å². The molecule has 0 aromatic heterocycles. The van der Waals surface area contributed by atoms with E-state index < -0.39 is 0 Å². The minimum absolute atomic E-state index is 0.149. The van der Waals surface area contributed by atoms with E-state index in [2.05, 4.69) is 13.3 Å². The molecule has 3 nitrogen and oxygen atoms in total. The van der Waals surface area contributed by atoms with E-state index in [0.29, 0.717) is 6.61 Å². The Morgan fingerprint density at radius 1 is 1.62 bits per heavy atom. The molecule has 0 aliphatic carbocycles. The van der Waals surface area contributed by atoms with Gasteiger partial charge in [0.2, 0.25) is 0 Å². The van der Waals surface area contributed by atoms with Crippen LogP contribution in [-0.4, -0.2) is 30.7 Å². The molecule has 1 rings (SSSR count). The Kier molecular flexibility index (Phi) is 4.65. The standard InChI is InChI=1S/C10H18NO2/c1-2-3-9-13-10(12)11-7-5-4-6-8-11/h5H,2-4,6-9H2,1H3. The summed E-state index contributed by atoms with van der Waals surface area (Å²) in [4.78, 5) is 13.1. The molecule has 0 spiro atoms. The van der Waals surface area contributed by atoms with Crippen LogP contribution in [0.1, 0.15) is 32.6 Å². The minimum atomic E-state index is -0.149. The Labute approximate surface area is 80.1 Å². The molecule has 0 atom stereocenters. The highest BCUT2D eigenvalue weighted by atomic mass is 16.6. The number of hydrogen-bond donors (Lipinski definition) is 0. The van der Waals surface area contributed by atoms with Crippen molar-refractivity contribution in [2.45, 2.75) is 32.6 Å². The molecule has 1 aliphatic heterocycles. The molecule has 13 heavy (non-hydrogen) atoms. The van der Waals surface area contributed by atoms with Crippen molar-refractivity contribution in [1.82, 2.24) is 4.90 Å². The lowest BCUT2D eigenvalue weighted by molar-refractivity contribution is 0.0996. The van der Waals surface area contributed by atoms with Gasteiger partial charge >= 0.3 is 6.09 Å². The molecule has 0 bridgehead atoms. The maximum absolute atomic E-state index is 11.4. The van der Waals surface area contributed by atoms with Crippen LogP contribution in [0.5, 0.6) is 0 Å². The molecule has 1 aliphatic rings. The van der Waals surface area contributed by atoms with Crippen LogP contribution in [-0.2, 0) is 4.74 Å². The predicted molar refractivity (Wildman–Crippen MR) is 51.4 cm³/mol. The highest BCUT2D eigenvalue weighted by Crippen LogP contribution is 2.08. The lowest BCUT2D eigenvalue weighted by Crippen LogP contribution is -2.36. The van der Waals surface area contributed by atoms with Crippen molar-refractivity contribution in [3.05, 3.63) is 6.42 Å². The number of hydrogen-bond acceptors (Lipinski definition) is 2. The Hall–Kier alpha value is -0.730. The van der Waals surface area contributed by atoms with Crippen LogP contribution in [0.4, 0.5) is 4.79 Å². The van der Waals surface area contributed by atoms with Gasteiger partial charge in [-0.25, -0.2) is 4.79 Å². The van der Waals surface area contributed by atoms with Crippen LogP contribution in [0.2, 0.25) is 0 Å². The second-order valence-electron chi connectivity index (χ2n) is 3.34. The third kappa shape index (κ3) is 3.66. The first kappa shape index (κ1) is 10.4. The number of rotatable bonds is 3. The van der Waals surface area contributed by atoms with Crippen molar-refractivity contribution in [3.8, 4) is 0 Å².